The second-order valence-electron chi connectivity index (χ2n) is 13.1. The van der Waals surface area contributed by atoms with Gasteiger partial charge in [0.2, 0.25) is 0 Å². The van der Waals surface area contributed by atoms with Crippen LogP contribution < -0.4 is 0 Å². The Morgan fingerprint density at radius 3 is 1.46 bits per heavy atom. The maximum atomic E-state index is 4.86. The van der Waals surface area contributed by atoms with Gasteiger partial charge in [0.05, 0.1) is 5.69 Å². The summed E-state index contributed by atoms with van der Waals surface area (Å²) in [6, 6.07) is 61.4. The van der Waals surface area contributed by atoms with Crippen LogP contribution in [-0.2, 0) is 0 Å². The highest BCUT2D eigenvalue weighted by Gasteiger charge is 2.18. The van der Waals surface area contributed by atoms with Gasteiger partial charge < -0.3 is 0 Å². The topological polar surface area (TPSA) is 51.6 Å². The number of aromatic nitrogens is 4. The fraction of sp³-hybridized carbons (Fsp3) is 0. The van der Waals surface area contributed by atoms with Crippen LogP contribution >= 0.6 is 0 Å². The largest absolute Gasteiger partial charge is 0.244 e. The molecule has 0 saturated heterocycles. The number of benzene rings is 8. The molecule has 0 unspecified atom stereocenters. The van der Waals surface area contributed by atoms with Crippen molar-refractivity contribution >= 4 is 43.1 Å². The summed E-state index contributed by atoms with van der Waals surface area (Å²) in [7, 11) is 0. The molecule has 0 spiro atoms. The Bertz CT molecular complexity index is 2950. The molecule has 0 fully saturated rings. The van der Waals surface area contributed by atoms with Gasteiger partial charge in [-0.15, -0.1) is 0 Å². The first-order chi connectivity index (χ1) is 25.8. The third-order valence-corrected chi connectivity index (χ3v) is 10.1. The standard InChI is InChI=1S/C48H30N4/c1-3-10-35-26-38(22-18-31(35)8-1)46-40-12-5-6-13-41(40)47(39-23-19-32-9-2-4-11-36(32)27-39)43-28-37(24-25-42(43)46)33-16-20-34(21-17-33)44-14-7-15-45(52-44)48-50-29-49-30-51-48/h1-30H. The van der Waals surface area contributed by atoms with Gasteiger partial charge in [-0.3, -0.25) is 0 Å². The Morgan fingerprint density at radius 1 is 0.308 bits per heavy atom. The summed E-state index contributed by atoms with van der Waals surface area (Å²) in [5.74, 6) is 0.558. The molecule has 4 heteroatoms. The lowest BCUT2D eigenvalue weighted by Gasteiger charge is -2.19. The normalized spacial score (nSPS) is 11.5. The summed E-state index contributed by atoms with van der Waals surface area (Å²) in [5, 5.41) is 9.90. The lowest BCUT2D eigenvalue weighted by atomic mass is 9.84. The van der Waals surface area contributed by atoms with Gasteiger partial charge in [0.1, 0.15) is 18.3 Å². The van der Waals surface area contributed by atoms with Gasteiger partial charge in [0, 0.05) is 5.56 Å². The first-order valence-corrected chi connectivity index (χ1v) is 17.4. The number of pyridine rings is 1. The molecule has 0 N–H and O–H groups in total. The van der Waals surface area contributed by atoms with Crippen molar-refractivity contribution in [2.75, 3.05) is 0 Å². The molecular formula is C48H30N4. The Morgan fingerprint density at radius 2 is 0.808 bits per heavy atom. The molecule has 0 bridgehead atoms. The second-order valence-corrected chi connectivity index (χ2v) is 13.1. The van der Waals surface area contributed by atoms with Gasteiger partial charge in [-0.1, -0.05) is 140 Å². The summed E-state index contributed by atoms with van der Waals surface area (Å²) in [5.41, 5.74) is 9.85. The minimum absolute atomic E-state index is 0.558. The van der Waals surface area contributed by atoms with Crippen molar-refractivity contribution in [1.29, 1.82) is 0 Å². The Balaban J connectivity index is 1.17. The van der Waals surface area contributed by atoms with Crippen molar-refractivity contribution < 1.29 is 0 Å². The van der Waals surface area contributed by atoms with Crippen LogP contribution in [-0.4, -0.2) is 19.9 Å². The predicted molar refractivity (Wildman–Crippen MR) is 215 cm³/mol. The maximum absolute atomic E-state index is 4.86. The molecule has 0 saturated carbocycles. The van der Waals surface area contributed by atoms with E-state index in [0.29, 0.717) is 11.5 Å². The average molecular weight is 663 g/mol. The number of fused-ring (bicyclic) bond motifs is 4. The summed E-state index contributed by atoms with van der Waals surface area (Å²) in [6.45, 7) is 0. The Labute approximate surface area is 300 Å². The molecule has 8 aromatic carbocycles. The van der Waals surface area contributed by atoms with Crippen LogP contribution in [0.25, 0.3) is 99.2 Å². The lowest BCUT2D eigenvalue weighted by molar-refractivity contribution is 1.04. The highest BCUT2D eigenvalue weighted by atomic mass is 15.0. The summed E-state index contributed by atoms with van der Waals surface area (Å²) < 4.78 is 0. The molecule has 2 heterocycles. The lowest BCUT2D eigenvalue weighted by Crippen LogP contribution is -1.93. The van der Waals surface area contributed by atoms with E-state index >= 15 is 0 Å². The minimum atomic E-state index is 0.558. The minimum Gasteiger partial charge on any atom is -0.244 e. The molecular weight excluding hydrogens is 633 g/mol. The molecule has 0 aliphatic rings. The fourth-order valence-electron chi connectivity index (χ4n) is 7.59. The van der Waals surface area contributed by atoms with Crippen LogP contribution in [0, 0.1) is 0 Å². The first-order valence-electron chi connectivity index (χ1n) is 17.4. The zero-order valence-electron chi connectivity index (χ0n) is 28.1. The zero-order chi connectivity index (χ0) is 34.4. The van der Waals surface area contributed by atoms with E-state index in [9.17, 15) is 0 Å². The molecule has 4 nitrogen and oxygen atoms in total. The number of hydrogen-bond acceptors (Lipinski definition) is 4. The highest BCUT2D eigenvalue weighted by molar-refractivity contribution is 6.22. The van der Waals surface area contributed by atoms with Crippen LogP contribution in [0.1, 0.15) is 0 Å². The van der Waals surface area contributed by atoms with Crippen molar-refractivity contribution in [3.63, 3.8) is 0 Å². The van der Waals surface area contributed by atoms with Crippen molar-refractivity contribution in [2.24, 2.45) is 0 Å². The second kappa shape index (κ2) is 12.4. The average Bonchev–Trinajstić information content (AvgIpc) is 3.22. The van der Waals surface area contributed by atoms with Gasteiger partial charge in [0.15, 0.2) is 5.82 Å². The SMILES string of the molecule is c1cc(-c2ccc(-c3ccc4c(-c5ccc6ccccc6c5)c5ccccc5c(-c5ccc6ccccc6c5)c4c3)cc2)nc(-c2ncncn2)c1. The molecule has 0 radical (unpaired) electrons. The third kappa shape index (κ3) is 5.17. The summed E-state index contributed by atoms with van der Waals surface area (Å²) in [6.07, 6.45) is 2.99. The molecule has 0 atom stereocenters. The van der Waals surface area contributed by atoms with Crippen LogP contribution in [0.4, 0.5) is 0 Å². The molecule has 0 aliphatic carbocycles. The van der Waals surface area contributed by atoms with E-state index in [1.54, 1.807) is 0 Å². The molecule has 0 amide bonds. The predicted octanol–water partition coefficient (Wildman–Crippen LogP) is 12.2. The van der Waals surface area contributed by atoms with Crippen LogP contribution in [0.3, 0.4) is 0 Å². The number of rotatable bonds is 5. The van der Waals surface area contributed by atoms with E-state index in [2.05, 4.69) is 167 Å². The number of hydrogen-bond donors (Lipinski definition) is 0. The maximum Gasteiger partial charge on any atom is 0.181 e. The van der Waals surface area contributed by atoms with Crippen LogP contribution in [0.2, 0.25) is 0 Å². The quantitative estimate of drug-likeness (QED) is 0.172. The van der Waals surface area contributed by atoms with Crippen molar-refractivity contribution in [2.45, 2.75) is 0 Å². The molecule has 0 aliphatic heterocycles. The van der Waals surface area contributed by atoms with Gasteiger partial charge in [-0.05, 0) is 107 Å². The van der Waals surface area contributed by atoms with E-state index < -0.39 is 0 Å². The monoisotopic (exact) mass is 662 g/mol. The fourth-order valence-corrected chi connectivity index (χ4v) is 7.59. The summed E-state index contributed by atoms with van der Waals surface area (Å²) in [4.78, 5) is 17.4. The molecule has 10 aromatic rings. The van der Waals surface area contributed by atoms with Crippen molar-refractivity contribution in [3.05, 3.63) is 183 Å². The van der Waals surface area contributed by atoms with Gasteiger partial charge in [-0.25, -0.2) is 19.9 Å². The van der Waals surface area contributed by atoms with Gasteiger partial charge in [-0.2, -0.15) is 0 Å². The molecule has 52 heavy (non-hydrogen) atoms. The third-order valence-electron chi connectivity index (χ3n) is 10.1. The zero-order valence-corrected chi connectivity index (χ0v) is 28.1. The van der Waals surface area contributed by atoms with E-state index in [4.69, 9.17) is 4.98 Å². The van der Waals surface area contributed by atoms with Crippen LogP contribution in [0.15, 0.2) is 183 Å². The molecule has 2 aromatic heterocycles. The molecule has 10 rings (SSSR count). The number of nitrogens with zero attached hydrogens (tertiary/aromatic N) is 4. The van der Waals surface area contributed by atoms with E-state index in [0.717, 1.165) is 22.4 Å². The smallest absolute Gasteiger partial charge is 0.181 e. The highest BCUT2D eigenvalue weighted by Crippen LogP contribution is 2.45. The Hall–Kier alpha value is -7.04. The first kappa shape index (κ1) is 29.8. The van der Waals surface area contributed by atoms with E-state index in [1.807, 2.05) is 18.2 Å². The van der Waals surface area contributed by atoms with Crippen LogP contribution in [0.5, 0.6) is 0 Å². The van der Waals surface area contributed by atoms with E-state index in [1.165, 1.54) is 78.0 Å². The van der Waals surface area contributed by atoms with Gasteiger partial charge >= 0.3 is 0 Å². The Kier molecular flexibility index (Phi) is 7.10. The van der Waals surface area contributed by atoms with Gasteiger partial charge in [0.25, 0.3) is 0 Å². The van der Waals surface area contributed by atoms with Crippen molar-refractivity contribution in [3.8, 4) is 56.2 Å². The molecule has 242 valence electrons. The van der Waals surface area contributed by atoms with Crippen molar-refractivity contribution in [1.82, 2.24) is 19.9 Å². The summed E-state index contributed by atoms with van der Waals surface area (Å²) >= 11 is 0. The van der Waals surface area contributed by atoms with E-state index in [-0.39, 0.29) is 0 Å².